The summed E-state index contributed by atoms with van der Waals surface area (Å²) in [5, 5.41) is 0. The fourth-order valence-corrected chi connectivity index (χ4v) is 1.67. The molecule has 82 valence electrons. The second-order valence-electron chi connectivity index (χ2n) is 3.68. The van der Waals surface area contributed by atoms with Crippen LogP contribution in [0.15, 0.2) is 12.3 Å². The molecule has 1 aliphatic heterocycles. The molecule has 2 N–H and O–H groups in total. The highest BCUT2D eigenvalue weighted by Crippen LogP contribution is 2.20. The summed E-state index contributed by atoms with van der Waals surface area (Å²) in [5.74, 6) is 0.240. The molecule has 1 atom stereocenters. The third kappa shape index (κ3) is 2.02. The molecule has 0 aliphatic carbocycles. The fraction of sp³-hybridized carbons (Fsp3) is 0.500. The molecule has 0 aromatic carbocycles. The first kappa shape index (κ1) is 10.2. The van der Waals surface area contributed by atoms with E-state index in [1.807, 2.05) is 6.92 Å². The van der Waals surface area contributed by atoms with Gasteiger partial charge in [-0.3, -0.25) is 0 Å². The summed E-state index contributed by atoms with van der Waals surface area (Å²) in [6, 6.07) is 1.81. The van der Waals surface area contributed by atoms with Crippen molar-refractivity contribution in [3.63, 3.8) is 0 Å². The van der Waals surface area contributed by atoms with Crippen molar-refractivity contribution in [3.05, 3.63) is 18.1 Å². The summed E-state index contributed by atoms with van der Waals surface area (Å²) in [5.41, 5.74) is 5.64. The van der Waals surface area contributed by atoms with Gasteiger partial charge < -0.3 is 15.4 Å². The lowest BCUT2D eigenvalue weighted by Crippen LogP contribution is -2.44. The van der Waals surface area contributed by atoms with Crippen LogP contribution < -0.4 is 10.6 Å². The first-order valence-electron chi connectivity index (χ1n) is 4.94. The molecule has 0 bridgehead atoms. The number of nitrogen functional groups attached to an aromatic ring is 1. The average molecular weight is 211 g/mol. The number of morpholine rings is 1. The van der Waals surface area contributed by atoms with Gasteiger partial charge in [-0.15, -0.1) is 0 Å². The second kappa shape index (κ2) is 4.02. The van der Waals surface area contributed by atoms with Crippen molar-refractivity contribution in [2.24, 2.45) is 0 Å². The molecule has 1 unspecified atom stereocenters. The van der Waals surface area contributed by atoms with Crippen LogP contribution in [0.5, 0.6) is 0 Å². The minimum atomic E-state index is -0.473. The normalized spacial score (nSPS) is 21.7. The predicted octanol–water partition coefficient (Wildman–Crippen LogP) is 1.03. The van der Waals surface area contributed by atoms with E-state index in [0.29, 0.717) is 19.0 Å². The monoisotopic (exact) mass is 211 g/mol. The van der Waals surface area contributed by atoms with Crippen LogP contribution in [0.4, 0.5) is 15.9 Å². The molecule has 0 amide bonds. The van der Waals surface area contributed by atoms with E-state index in [4.69, 9.17) is 10.5 Å². The van der Waals surface area contributed by atoms with Crippen molar-refractivity contribution in [1.82, 2.24) is 4.98 Å². The molecular weight excluding hydrogens is 197 g/mol. The summed E-state index contributed by atoms with van der Waals surface area (Å²) in [4.78, 5) is 6.10. The summed E-state index contributed by atoms with van der Waals surface area (Å²) >= 11 is 0. The molecular formula is C10H14FN3O. The van der Waals surface area contributed by atoms with Gasteiger partial charge in [0.1, 0.15) is 5.82 Å². The fourth-order valence-electron chi connectivity index (χ4n) is 1.67. The van der Waals surface area contributed by atoms with E-state index >= 15 is 0 Å². The molecule has 2 rings (SSSR count). The van der Waals surface area contributed by atoms with Crippen LogP contribution in [-0.2, 0) is 4.74 Å². The lowest BCUT2D eigenvalue weighted by molar-refractivity contribution is 0.0985. The van der Waals surface area contributed by atoms with Gasteiger partial charge >= 0.3 is 0 Å². The lowest BCUT2D eigenvalue weighted by Gasteiger charge is -2.34. The van der Waals surface area contributed by atoms with Gasteiger partial charge in [-0.1, -0.05) is 0 Å². The summed E-state index contributed by atoms with van der Waals surface area (Å²) in [6.45, 7) is 4.14. The van der Waals surface area contributed by atoms with Gasteiger partial charge in [-0.05, 0) is 6.92 Å². The number of anilines is 2. The average Bonchev–Trinajstić information content (AvgIpc) is 2.23. The third-order valence-electron chi connectivity index (χ3n) is 2.53. The van der Waals surface area contributed by atoms with Crippen LogP contribution in [0.2, 0.25) is 0 Å². The predicted molar refractivity (Wildman–Crippen MR) is 56.2 cm³/mol. The third-order valence-corrected chi connectivity index (χ3v) is 2.53. The standard InChI is InChI=1S/C10H14FN3O/c1-7-6-15-3-2-14(7)10-4-9(12)8(11)5-13-10/h4-5,7H,2-3,6H2,1H3,(H2,12,13). The molecule has 15 heavy (non-hydrogen) atoms. The molecule has 1 fully saturated rings. The van der Waals surface area contributed by atoms with E-state index in [1.165, 1.54) is 0 Å². The number of nitrogens with two attached hydrogens (primary N) is 1. The maximum Gasteiger partial charge on any atom is 0.164 e. The molecule has 0 radical (unpaired) electrons. The molecule has 4 nitrogen and oxygen atoms in total. The topological polar surface area (TPSA) is 51.4 Å². The van der Waals surface area contributed by atoms with E-state index in [2.05, 4.69) is 9.88 Å². The number of hydrogen-bond donors (Lipinski definition) is 1. The quantitative estimate of drug-likeness (QED) is 0.753. The van der Waals surface area contributed by atoms with Crippen LogP contribution in [-0.4, -0.2) is 30.8 Å². The largest absolute Gasteiger partial charge is 0.396 e. The molecule has 1 aromatic rings. The van der Waals surface area contributed by atoms with Crippen molar-refractivity contribution in [1.29, 1.82) is 0 Å². The Bertz CT molecular complexity index is 359. The van der Waals surface area contributed by atoms with Gasteiger partial charge in [0.2, 0.25) is 0 Å². The van der Waals surface area contributed by atoms with Gasteiger partial charge in [0, 0.05) is 12.6 Å². The highest BCUT2D eigenvalue weighted by atomic mass is 19.1. The Labute approximate surface area is 87.8 Å². The van der Waals surface area contributed by atoms with Crippen LogP contribution in [0.25, 0.3) is 0 Å². The van der Waals surface area contributed by atoms with E-state index in [-0.39, 0.29) is 11.7 Å². The Morgan fingerprint density at radius 1 is 1.67 bits per heavy atom. The Balaban J connectivity index is 2.24. The van der Waals surface area contributed by atoms with Gasteiger partial charge in [-0.25, -0.2) is 9.37 Å². The van der Waals surface area contributed by atoms with Crippen LogP contribution in [0.1, 0.15) is 6.92 Å². The summed E-state index contributed by atoms with van der Waals surface area (Å²) < 4.78 is 18.2. The Kier molecular flexibility index (Phi) is 2.73. The van der Waals surface area contributed by atoms with Crippen molar-refractivity contribution in [3.8, 4) is 0 Å². The maximum atomic E-state index is 12.9. The van der Waals surface area contributed by atoms with Crippen molar-refractivity contribution in [2.45, 2.75) is 13.0 Å². The van der Waals surface area contributed by atoms with Crippen LogP contribution in [0.3, 0.4) is 0 Å². The van der Waals surface area contributed by atoms with E-state index in [0.717, 1.165) is 12.7 Å². The first-order chi connectivity index (χ1) is 7.18. The minimum Gasteiger partial charge on any atom is -0.396 e. The number of aromatic nitrogens is 1. The number of hydrogen-bond acceptors (Lipinski definition) is 4. The Morgan fingerprint density at radius 2 is 2.47 bits per heavy atom. The molecule has 0 saturated carbocycles. The van der Waals surface area contributed by atoms with Crippen LogP contribution in [0, 0.1) is 5.82 Å². The highest BCUT2D eigenvalue weighted by Gasteiger charge is 2.20. The van der Waals surface area contributed by atoms with Crippen molar-refractivity contribution >= 4 is 11.5 Å². The minimum absolute atomic E-state index is 0.138. The zero-order chi connectivity index (χ0) is 10.8. The lowest BCUT2D eigenvalue weighted by atomic mass is 10.2. The zero-order valence-corrected chi connectivity index (χ0v) is 8.61. The van der Waals surface area contributed by atoms with E-state index in [1.54, 1.807) is 6.07 Å². The number of rotatable bonds is 1. The molecule has 1 saturated heterocycles. The van der Waals surface area contributed by atoms with Gasteiger partial charge in [0.25, 0.3) is 0 Å². The van der Waals surface area contributed by atoms with E-state index < -0.39 is 5.82 Å². The maximum absolute atomic E-state index is 12.9. The molecule has 1 aromatic heterocycles. The Morgan fingerprint density at radius 3 is 3.13 bits per heavy atom. The second-order valence-corrected chi connectivity index (χ2v) is 3.68. The Hall–Kier alpha value is -1.36. The number of ether oxygens (including phenoxy) is 1. The van der Waals surface area contributed by atoms with E-state index in [9.17, 15) is 4.39 Å². The number of pyridine rings is 1. The van der Waals surface area contributed by atoms with Gasteiger partial charge in [0.05, 0.1) is 31.1 Å². The zero-order valence-electron chi connectivity index (χ0n) is 8.61. The van der Waals surface area contributed by atoms with Crippen molar-refractivity contribution in [2.75, 3.05) is 30.4 Å². The number of halogens is 1. The highest BCUT2D eigenvalue weighted by molar-refractivity contribution is 5.51. The smallest absolute Gasteiger partial charge is 0.164 e. The molecule has 5 heteroatoms. The first-order valence-corrected chi connectivity index (χ1v) is 4.94. The summed E-state index contributed by atoms with van der Waals surface area (Å²) in [7, 11) is 0. The number of nitrogens with zero attached hydrogens (tertiary/aromatic N) is 2. The van der Waals surface area contributed by atoms with Crippen molar-refractivity contribution < 1.29 is 9.13 Å². The summed E-state index contributed by atoms with van der Waals surface area (Å²) in [6.07, 6.45) is 1.16. The molecule has 0 spiro atoms. The SMILES string of the molecule is CC1COCCN1c1cc(N)c(F)cn1. The van der Waals surface area contributed by atoms with Gasteiger partial charge in [0.15, 0.2) is 5.82 Å². The van der Waals surface area contributed by atoms with Crippen LogP contribution >= 0.6 is 0 Å². The molecule has 1 aliphatic rings. The molecule has 2 heterocycles. The van der Waals surface area contributed by atoms with Gasteiger partial charge in [-0.2, -0.15) is 0 Å².